The molecule has 2 saturated heterocycles. The predicted molar refractivity (Wildman–Crippen MR) is 175 cm³/mol. The number of hydrogen-bond acceptors (Lipinski definition) is 7. The van der Waals surface area contributed by atoms with E-state index in [1.54, 1.807) is 0 Å². The number of carbonyl (C=O) groups is 1. The van der Waals surface area contributed by atoms with Crippen LogP contribution in [0.25, 0.3) is 0 Å². The highest BCUT2D eigenvalue weighted by atomic mass is 16.5. The van der Waals surface area contributed by atoms with Crippen molar-refractivity contribution >= 4 is 5.91 Å². The average molecular weight is 601 g/mol. The summed E-state index contributed by atoms with van der Waals surface area (Å²) in [7, 11) is 0. The third kappa shape index (κ3) is 9.68. The highest BCUT2D eigenvalue weighted by molar-refractivity contribution is 5.95. The lowest BCUT2D eigenvalue weighted by atomic mass is 9.90. The topological polar surface area (TPSA) is 100 Å². The molecule has 3 aliphatic heterocycles. The third-order valence-electron chi connectivity index (χ3n) is 9.58. The van der Waals surface area contributed by atoms with Crippen LogP contribution in [0.1, 0.15) is 87.0 Å². The summed E-state index contributed by atoms with van der Waals surface area (Å²) in [6.07, 6.45) is 12.5. The van der Waals surface area contributed by atoms with Crippen molar-refractivity contribution in [2.75, 3.05) is 39.4 Å². The molecule has 8 nitrogen and oxygen atoms in total. The van der Waals surface area contributed by atoms with Gasteiger partial charge in [-0.05, 0) is 110 Å². The molecule has 0 aromatic heterocycles. The van der Waals surface area contributed by atoms with Crippen LogP contribution in [0.3, 0.4) is 0 Å². The number of allylic oxidation sites excluding steroid dienone is 5. The lowest BCUT2D eigenvalue weighted by molar-refractivity contribution is -0.118. The molecule has 0 aromatic carbocycles. The molecule has 3 rings (SSSR count). The summed E-state index contributed by atoms with van der Waals surface area (Å²) in [6.45, 7) is 19.7. The van der Waals surface area contributed by atoms with Gasteiger partial charge in [-0.1, -0.05) is 26.0 Å². The van der Waals surface area contributed by atoms with Gasteiger partial charge in [-0.15, -0.1) is 0 Å². The van der Waals surface area contributed by atoms with E-state index in [-0.39, 0.29) is 23.8 Å². The van der Waals surface area contributed by atoms with Gasteiger partial charge in [0.15, 0.2) is 0 Å². The SMILES string of the molecule is C/C=C/C(C)C(CNC(=O)/C1=C(CC)/C(N(CC)C2CCOCC2)=C\C(C)O/C(C2CCN(C(C)C)CC2)=C\C1)C(N)O. The molecule has 0 bridgehead atoms. The van der Waals surface area contributed by atoms with Crippen LogP contribution in [0.15, 0.2) is 46.9 Å². The monoisotopic (exact) mass is 600 g/mol. The summed E-state index contributed by atoms with van der Waals surface area (Å²) in [5.41, 5.74) is 8.92. The molecule has 8 heteroatoms. The van der Waals surface area contributed by atoms with Gasteiger partial charge in [-0.25, -0.2) is 0 Å². The fourth-order valence-electron chi connectivity index (χ4n) is 6.96. The zero-order valence-corrected chi connectivity index (χ0v) is 28.0. The molecule has 1 amide bonds. The first-order valence-electron chi connectivity index (χ1n) is 16.8. The molecule has 43 heavy (non-hydrogen) atoms. The number of likely N-dealkylation sites (N-methyl/N-ethyl adjacent to an activating group) is 1. The number of rotatable bonds is 12. The number of hydrogen-bond donors (Lipinski definition) is 3. The maximum absolute atomic E-state index is 14.1. The van der Waals surface area contributed by atoms with E-state index in [0.717, 1.165) is 87.6 Å². The Morgan fingerprint density at radius 1 is 1.19 bits per heavy atom. The van der Waals surface area contributed by atoms with Crippen molar-refractivity contribution in [1.29, 1.82) is 0 Å². The van der Waals surface area contributed by atoms with Crippen molar-refractivity contribution < 1.29 is 19.4 Å². The molecule has 0 saturated carbocycles. The summed E-state index contributed by atoms with van der Waals surface area (Å²) < 4.78 is 12.4. The summed E-state index contributed by atoms with van der Waals surface area (Å²) in [6, 6.07) is 0.901. The summed E-state index contributed by atoms with van der Waals surface area (Å²) in [5, 5.41) is 13.5. The normalized spacial score (nSPS) is 28.1. The van der Waals surface area contributed by atoms with E-state index >= 15 is 0 Å². The highest BCUT2D eigenvalue weighted by Crippen LogP contribution is 2.34. The Labute approximate surface area is 261 Å². The van der Waals surface area contributed by atoms with Crippen LogP contribution < -0.4 is 11.1 Å². The van der Waals surface area contributed by atoms with Crippen LogP contribution in [0.5, 0.6) is 0 Å². The van der Waals surface area contributed by atoms with E-state index in [0.29, 0.717) is 31.0 Å². The van der Waals surface area contributed by atoms with Gasteiger partial charge < -0.3 is 35.4 Å². The van der Waals surface area contributed by atoms with E-state index < -0.39 is 6.23 Å². The number of nitrogens with two attached hydrogens (primary N) is 1. The summed E-state index contributed by atoms with van der Waals surface area (Å²) >= 11 is 0. The van der Waals surface area contributed by atoms with Gasteiger partial charge in [-0.2, -0.15) is 0 Å². The fraction of sp³-hybridized carbons (Fsp3) is 0.743. The Bertz CT molecular complexity index is 1000. The van der Waals surface area contributed by atoms with Crippen LogP contribution in [0.4, 0.5) is 0 Å². The first kappa shape index (κ1) is 35.4. The van der Waals surface area contributed by atoms with Gasteiger partial charge in [0.05, 0.1) is 5.76 Å². The number of aliphatic hydroxyl groups excluding tert-OH is 1. The number of likely N-dealkylation sites (tertiary alicyclic amines) is 1. The molecule has 0 spiro atoms. The van der Waals surface area contributed by atoms with E-state index in [9.17, 15) is 9.90 Å². The zero-order valence-electron chi connectivity index (χ0n) is 28.0. The number of piperidine rings is 1. The van der Waals surface area contributed by atoms with Crippen molar-refractivity contribution in [3.8, 4) is 0 Å². The van der Waals surface area contributed by atoms with Crippen molar-refractivity contribution in [2.45, 2.75) is 111 Å². The molecule has 4 N–H and O–H groups in total. The Hall–Kier alpha value is -2.13. The summed E-state index contributed by atoms with van der Waals surface area (Å²) in [4.78, 5) is 19.1. The van der Waals surface area contributed by atoms with Gasteiger partial charge in [-0.3, -0.25) is 4.79 Å². The Balaban J connectivity index is 2.00. The minimum Gasteiger partial charge on any atom is -0.491 e. The van der Waals surface area contributed by atoms with E-state index in [4.69, 9.17) is 15.2 Å². The minimum atomic E-state index is -1.02. The van der Waals surface area contributed by atoms with Gasteiger partial charge >= 0.3 is 0 Å². The second kappa shape index (κ2) is 17.4. The first-order chi connectivity index (χ1) is 20.6. The molecule has 3 aliphatic rings. The van der Waals surface area contributed by atoms with Gasteiger partial charge in [0.25, 0.3) is 0 Å². The molecule has 244 valence electrons. The standard InChI is InChI=1S/C35H60N4O4/c1-8-11-25(6)31(34(36)40)23-37-35(41)30-12-13-33(27-14-18-38(19-15-27)24(4)5)43-26(7)22-32(29(30)9-2)39(10-3)28-16-20-42-21-17-28/h8,11,13,22,24-28,31,34,40H,9-10,12,14-21,23,36H2,1-7H3,(H,37,41)/b11-8+,30-29+,32-22+,33-13-. The number of aliphatic hydroxyl groups is 1. The quantitative estimate of drug-likeness (QED) is 0.211. The number of ether oxygens (including phenoxy) is 2. The lowest BCUT2D eigenvalue weighted by Gasteiger charge is -2.38. The van der Waals surface area contributed by atoms with E-state index in [1.165, 1.54) is 0 Å². The molecule has 4 unspecified atom stereocenters. The smallest absolute Gasteiger partial charge is 0.247 e. The molecule has 2 fully saturated rings. The number of amides is 1. The van der Waals surface area contributed by atoms with Gasteiger partial charge in [0.1, 0.15) is 12.3 Å². The minimum absolute atomic E-state index is 0.0301. The molecule has 0 aliphatic carbocycles. The second-order valence-corrected chi connectivity index (χ2v) is 12.8. The second-order valence-electron chi connectivity index (χ2n) is 12.8. The number of carbonyl (C=O) groups excluding carboxylic acids is 1. The molecular weight excluding hydrogens is 540 g/mol. The Morgan fingerprint density at radius 2 is 1.86 bits per heavy atom. The van der Waals surface area contributed by atoms with Gasteiger partial charge in [0, 0.05) is 61.5 Å². The molecular formula is C35H60N4O4. The van der Waals surface area contributed by atoms with Crippen LogP contribution in [0.2, 0.25) is 0 Å². The van der Waals surface area contributed by atoms with Gasteiger partial charge in [0.2, 0.25) is 5.91 Å². The van der Waals surface area contributed by atoms with Crippen LogP contribution in [0, 0.1) is 17.8 Å². The van der Waals surface area contributed by atoms with E-state index in [1.807, 2.05) is 26.0 Å². The molecule has 3 heterocycles. The maximum atomic E-state index is 14.1. The largest absolute Gasteiger partial charge is 0.491 e. The molecule has 4 atom stereocenters. The number of nitrogens with one attached hydrogen (secondary N) is 1. The first-order valence-corrected chi connectivity index (χ1v) is 16.8. The highest BCUT2D eigenvalue weighted by Gasteiger charge is 2.31. The Kier molecular flexibility index (Phi) is 14.3. The van der Waals surface area contributed by atoms with Crippen molar-refractivity contribution in [3.63, 3.8) is 0 Å². The number of nitrogens with zero attached hydrogens (tertiary/aromatic N) is 2. The van der Waals surface area contributed by atoms with Crippen molar-refractivity contribution in [2.24, 2.45) is 23.5 Å². The van der Waals surface area contributed by atoms with Crippen LogP contribution in [-0.4, -0.2) is 84.6 Å². The molecule has 0 aromatic rings. The van der Waals surface area contributed by atoms with Crippen LogP contribution in [-0.2, 0) is 14.3 Å². The molecule has 0 radical (unpaired) electrons. The Morgan fingerprint density at radius 3 is 2.42 bits per heavy atom. The fourth-order valence-corrected chi connectivity index (χ4v) is 6.96. The third-order valence-corrected chi connectivity index (χ3v) is 9.58. The lowest BCUT2D eigenvalue weighted by Crippen LogP contribution is -2.43. The summed E-state index contributed by atoms with van der Waals surface area (Å²) in [5.74, 6) is 1.01. The van der Waals surface area contributed by atoms with Crippen molar-refractivity contribution in [3.05, 3.63) is 46.9 Å². The average Bonchev–Trinajstić information content (AvgIpc) is 3.05. The van der Waals surface area contributed by atoms with Crippen molar-refractivity contribution in [1.82, 2.24) is 15.1 Å². The zero-order chi connectivity index (χ0) is 31.5. The van der Waals surface area contributed by atoms with E-state index in [2.05, 4.69) is 61.9 Å². The predicted octanol–water partition coefficient (Wildman–Crippen LogP) is 5.11. The maximum Gasteiger partial charge on any atom is 0.247 e. The van der Waals surface area contributed by atoms with Crippen LogP contribution >= 0.6 is 0 Å².